The summed E-state index contributed by atoms with van der Waals surface area (Å²) >= 11 is 1.23. The molecular formula is C11H17N5O3S2. The molecular weight excluding hydrogens is 314 g/mol. The minimum atomic E-state index is -3.18. The molecule has 0 aromatic carbocycles. The molecule has 8 nitrogen and oxygen atoms in total. The Labute approximate surface area is 127 Å². The number of aromatic nitrogens is 2. The molecule has 0 spiro atoms. The number of nitrogens with two attached hydrogens (primary N) is 1. The number of carbonyl (C=O) groups is 1. The lowest BCUT2D eigenvalue weighted by Gasteiger charge is -2.33. The number of rotatable bonds is 4. The summed E-state index contributed by atoms with van der Waals surface area (Å²) in [4.78, 5) is 21.7. The fraction of sp³-hybridized carbons (Fsp3) is 0.545. The van der Waals surface area contributed by atoms with Crippen LogP contribution in [0.3, 0.4) is 0 Å². The van der Waals surface area contributed by atoms with Gasteiger partial charge in [-0.1, -0.05) is 11.8 Å². The number of nitrogen functional groups attached to an aromatic ring is 1. The van der Waals surface area contributed by atoms with Crippen LogP contribution in [-0.2, 0) is 14.8 Å². The molecule has 116 valence electrons. The molecule has 1 aromatic rings. The minimum Gasteiger partial charge on any atom is -0.381 e. The predicted octanol–water partition coefficient (Wildman–Crippen LogP) is -0.745. The van der Waals surface area contributed by atoms with Gasteiger partial charge in [0, 0.05) is 38.6 Å². The Morgan fingerprint density at radius 2 is 1.90 bits per heavy atom. The zero-order valence-electron chi connectivity index (χ0n) is 11.6. The third-order valence-corrected chi connectivity index (χ3v) is 5.37. The highest BCUT2D eigenvalue weighted by atomic mass is 32.2. The SMILES string of the molecule is CS(=O)(=O)N1CCN(C(=O)CSc2nccnc2N)CC1. The van der Waals surface area contributed by atoms with E-state index >= 15 is 0 Å². The van der Waals surface area contributed by atoms with E-state index in [-0.39, 0.29) is 11.7 Å². The van der Waals surface area contributed by atoms with Crippen molar-refractivity contribution in [1.82, 2.24) is 19.2 Å². The van der Waals surface area contributed by atoms with E-state index in [0.29, 0.717) is 37.0 Å². The van der Waals surface area contributed by atoms with Crippen molar-refractivity contribution < 1.29 is 13.2 Å². The summed E-state index contributed by atoms with van der Waals surface area (Å²) in [6.07, 6.45) is 4.19. The number of hydrogen-bond acceptors (Lipinski definition) is 7. The summed E-state index contributed by atoms with van der Waals surface area (Å²) in [7, 11) is -3.18. The van der Waals surface area contributed by atoms with E-state index in [4.69, 9.17) is 5.73 Å². The van der Waals surface area contributed by atoms with Gasteiger partial charge < -0.3 is 10.6 Å². The second-order valence-corrected chi connectivity index (χ2v) is 7.52. The molecule has 0 aliphatic carbocycles. The lowest BCUT2D eigenvalue weighted by atomic mass is 10.3. The molecule has 1 amide bonds. The Morgan fingerprint density at radius 3 is 2.48 bits per heavy atom. The van der Waals surface area contributed by atoms with Crippen molar-refractivity contribution in [2.45, 2.75) is 5.03 Å². The standard InChI is InChI=1S/C11H17N5O3S2/c1-21(18,19)16-6-4-15(5-7-16)9(17)8-20-11-10(12)13-2-3-14-11/h2-3H,4-8H2,1H3,(H2,12,13). The molecule has 1 fully saturated rings. The van der Waals surface area contributed by atoms with Gasteiger partial charge in [-0.25, -0.2) is 18.4 Å². The molecule has 1 saturated heterocycles. The fourth-order valence-electron chi connectivity index (χ4n) is 1.94. The van der Waals surface area contributed by atoms with Gasteiger partial charge in [0.25, 0.3) is 0 Å². The van der Waals surface area contributed by atoms with Gasteiger partial charge >= 0.3 is 0 Å². The molecule has 1 aliphatic rings. The largest absolute Gasteiger partial charge is 0.381 e. The van der Waals surface area contributed by atoms with Gasteiger partial charge in [-0.05, 0) is 0 Å². The van der Waals surface area contributed by atoms with Gasteiger partial charge in [0.2, 0.25) is 15.9 Å². The number of anilines is 1. The van der Waals surface area contributed by atoms with E-state index in [1.165, 1.54) is 34.7 Å². The van der Waals surface area contributed by atoms with Crippen LogP contribution in [0.4, 0.5) is 5.82 Å². The first-order valence-electron chi connectivity index (χ1n) is 6.30. The summed E-state index contributed by atoms with van der Waals surface area (Å²) in [6, 6.07) is 0. The van der Waals surface area contributed by atoms with Crippen LogP contribution in [0.2, 0.25) is 0 Å². The van der Waals surface area contributed by atoms with Crippen molar-refractivity contribution in [1.29, 1.82) is 0 Å². The van der Waals surface area contributed by atoms with Crippen LogP contribution >= 0.6 is 11.8 Å². The van der Waals surface area contributed by atoms with Crippen LogP contribution in [0, 0.1) is 0 Å². The maximum absolute atomic E-state index is 12.1. The van der Waals surface area contributed by atoms with Gasteiger partial charge in [-0.2, -0.15) is 4.31 Å². The number of piperazine rings is 1. The van der Waals surface area contributed by atoms with Gasteiger partial charge in [0.1, 0.15) is 5.03 Å². The molecule has 0 bridgehead atoms. The Balaban J connectivity index is 1.84. The number of hydrogen-bond donors (Lipinski definition) is 1. The Kier molecular flexibility index (Phi) is 5.01. The molecule has 0 atom stereocenters. The van der Waals surface area contributed by atoms with E-state index in [1.807, 2.05) is 0 Å². The summed E-state index contributed by atoms with van der Waals surface area (Å²) < 4.78 is 24.2. The smallest absolute Gasteiger partial charge is 0.233 e. The zero-order chi connectivity index (χ0) is 15.5. The summed E-state index contributed by atoms with van der Waals surface area (Å²) in [5.74, 6) is 0.456. The molecule has 1 aliphatic heterocycles. The number of amides is 1. The first kappa shape index (κ1) is 16.0. The maximum Gasteiger partial charge on any atom is 0.233 e. The second-order valence-electron chi connectivity index (χ2n) is 4.58. The first-order chi connectivity index (χ1) is 9.88. The predicted molar refractivity (Wildman–Crippen MR) is 80.2 cm³/mol. The van der Waals surface area contributed by atoms with E-state index in [2.05, 4.69) is 9.97 Å². The molecule has 2 rings (SSSR count). The molecule has 0 radical (unpaired) electrons. The first-order valence-corrected chi connectivity index (χ1v) is 9.13. The van der Waals surface area contributed by atoms with Crippen LogP contribution in [0.5, 0.6) is 0 Å². The van der Waals surface area contributed by atoms with E-state index < -0.39 is 10.0 Å². The number of nitrogens with zero attached hydrogens (tertiary/aromatic N) is 4. The van der Waals surface area contributed by atoms with Crippen LogP contribution in [0.1, 0.15) is 0 Å². The van der Waals surface area contributed by atoms with Crippen LogP contribution in [0.15, 0.2) is 17.4 Å². The number of sulfonamides is 1. The van der Waals surface area contributed by atoms with Crippen molar-refractivity contribution in [3.8, 4) is 0 Å². The highest BCUT2D eigenvalue weighted by Gasteiger charge is 2.26. The Hall–Kier alpha value is -1.39. The minimum absolute atomic E-state index is 0.0572. The van der Waals surface area contributed by atoms with Crippen molar-refractivity contribution in [2.24, 2.45) is 0 Å². The van der Waals surface area contributed by atoms with E-state index in [9.17, 15) is 13.2 Å². The van der Waals surface area contributed by atoms with Crippen LogP contribution in [0.25, 0.3) is 0 Å². The molecule has 2 heterocycles. The van der Waals surface area contributed by atoms with Crippen molar-refractivity contribution in [3.05, 3.63) is 12.4 Å². The van der Waals surface area contributed by atoms with Gasteiger partial charge in [-0.3, -0.25) is 4.79 Å². The van der Waals surface area contributed by atoms with Gasteiger partial charge in [0.05, 0.1) is 12.0 Å². The third kappa shape index (κ3) is 4.29. The van der Waals surface area contributed by atoms with E-state index in [1.54, 1.807) is 4.90 Å². The summed E-state index contributed by atoms with van der Waals surface area (Å²) in [6.45, 7) is 1.48. The van der Waals surface area contributed by atoms with Gasteiger partial charge in [0.15, 0.2) is 5.82 Å². The van der Waals surface area contributed by atoms with Crippen LogP contribution < -0.4 is 5.73 Å². The molecule has 0 saturated carbocycles. The van der Waals surface area contributed by atoms with Crippen molar-refractivity contribution >= 4 is 33.5 Å². The van der Waals surface area contributed by atoms with Gasteiger partial charge in [-0.15, -0.1) is 0 Å². The highest BCUT2D eigenvalue weighted by Crippen LogP contribution is 2.20. The lowest BCUT2D eigenvalue weighted by molar-refractivity contribution is -0.129. The molecule has 0 unspecified atom stereocenters. The average molecular weight is 331 g/mol. The molecule has 1 aromatic heterocycles. The molecule has 21 heavy (non-hydrogen) atoms. The molecule has 10 heteroatoms. The monoisotopic (exact) mass is 331 g/mol. The highest BCUT2D eigenvalue weighted by molar-refractivity contribution is 8.00. The van der Waals surface area contributed by atoms with Crippen molar-refractivity contribution in [2.75, 3.05) is 43.9 Å². The lowest BCUT2D eigenvalue weighted by Crippen LogP contribution is -2.50. The summed E-state index contributed by atoms with van der Waals surface area (Å²) in [5, 5.41) is 0.528. The third-order valence-electron chi connectivity index (χ3n) is 3.08. The van der Waals surface area contributed by atoms with Crippen molar-refractivity contribution in [3.63, 3.8) is 0 Å². The average Bonchev–Trinajstić information content (AvgIpc) is 2.45. The topological polar surface area (TPSA) is 109 Å². The Morgan fingerprint density at radius 1 is 1.29 bits per heavy atom. The quantitative estimate of drug-likeness (QED) is 0.723. The molecule has 2 N–H and O–H groups in total. The normalized spacial score (nSPS) is 16.9. The van der Waals surface area contributed by atoms with E-state index in [0.717, 1.165) is 0 Å². The summed E-state index contributed by atoms with van der Waals surface area (Å²) in [5.41, 5.74) is 5.66. The van der Waals surface area contributed by atoms with Crippen LogP contribution in [-0.4, -0.2) is 71.7 Å². The fourth-order valence-corrected chi connectivity index (χ4v) is 3.54. The number of carbonyl (C=O) groups excluding carboxylic acids is 1. The number of thioether (sulfide) groups is 1. The maximum atomic E-state index is 12.1. The Bertz CT molecular complexity index is 614. The second kappa shape index (κ2) is 6.58. The zero-order valence-corrected chi connectivity index (χ0v) is 13.2.